The molecule has 0 saturated carbocycles. The second kappa shape index (κ2) is 5.78. The second-order valence-corrected chi connectivity index (χ2v) is 3.09. The van der Waals surface area contributed by atoms with Crippen molar-refractivity contribution in [3.63, 3.8) is 0 Å². The van der Waals surface area contributed by atoms with Crippen LogP contribution in [0, 0.1) is 11.3 Å². The van der Waals surface area contributed by atoms with Crippen molar-refractivity contribution in [2.75, 3.05) is 0 Å². The Hall–Kier alpha value is -1.86. The summed E-state index contributed by atoms with van der Waals surface area (Å²) >= 11 is 0. The lowest BCUT2D eigenvalue weighted by Crippen LogP contribution is -2.21. The van der Waals surface area contributed by atoms with Crippen molar-refractivity contribution in [3.05, 3.63) is 35.4 Å². The fraction of sp³-hybridized carbons (Fsp3) is 0.273. The summed E-state index contributed by atoms with van der Waals surface area (Å²) in [4.78, 5) is 11.0. The number of carbonyl (C=O) groups is 1. The van der Waals surface area contributed by atoms with Gasteiger partial charge >= 0.3 is 0 Å². The molecule has 0 radical (unpaired) electrons. The fourth-order valence-corrected chi connectivity index (χ4v) is 1.10. The van der Waals surface area contributed by atoms with Gasteiger partial charge < -0.3 is 10.4 Å². The zero-order valence-corrected chi connectivity index (χ0v) is 8.23. The molecule has 0 saturated heterocycles. The topological polar surface area (TPSA) is 73.1 Å². The Morgan fingerprint density at radius 3 is 2.47 bits per heavy atom. The molecule has 0 aliphatic rings. The van der Waals surface area contributed by atoms with Crippen molar-refractivity contribution >= 4 is 5.91 Å². The zero-order valence-electron chi connectivity index (χ0n) is 8.23. The summed E-state index contributed by atoms with van der Waals surface area (Å²) in [5, 5.41) is 19.7. The number of aliphatic hydroxyl groups excluding tert-OH is 1. The molecule has 0 heterocycles. The van der Waals surface area contributed by atoms with Crippen LogP contribution >= 0.6 is 0 Å². The van der Waals surface area contributed by atoms with Gasteiger partial charge in [0.1, 0.15) is 6.42 Å². The highest BCUT2D eigenvalue weighted by atomic mass is 16.3. The molecule has 0 atom stereocenters. The Morgan fingerprint density at radius 1 is 1.33 bits per heavy atom. The van der Waals surface area contributed by atoms with E-state index in [4.69, 9.17) is 10.4 Å². The average Bonchev–Trinajstić information content (AvgIpc) is 2.27. The van der Waals surface area contributed by atoms with Crippen LogP contribution in [-0.4, -0.2) is 11.0 Å². The average molecular weight is 204 g/mol. The quantitative estimate of drug-likeness (QED) is 0.758. The number of hydrogen-bond donors (Lipinski definition) is 2. The van der Waals surface area contributed by atoms with Gasteiger partial charge in [-0.1, -0.05) is 24.3 Å². The highest BCUT2D eigenvalue weighted by Crippen LogP contribution is 2.03. The van der Waals surface area contributed by atoms with E-state index in [2.05, 4.69) is 5.32 Å². The first-order valence-electron chi connectivity index (χ1n) is 4.58. The number of aliphatic hydroxyl groups is 1. The number of nitrogens with one attached hydrogen (secondary N) is 1. The molecule has 4 nitrogen and oxygen atoms in total. The van der Waals surface area contributed by atoms with Crippen molar-refractivity contribution < 1.29 is 9.90 Å². The molecule has 15 heavy (non-hydrogen) atoms. The van der Waals surface area contributed by atoms with Crippen molar-refractivity contribution in [3.8, 4) is 6.07 Å². The monoisotopic (exact) mass is 204 g/mol. The number of nitriles is 1. The fourth-order valence-electron chi connectivity index (χ4n) is 1.10. The lowest BCUT2D eigenvalue weighted by Gasteiger charge is -2.03. The van der Waals surface area contributed by atoms with E-state index in [9.17, 15) is 4.79 Å². The normalized spacial score (nSPS) is 9.33. The number of nitrogens with zero attached hydrogens (tertiary/aromatic N) is 1. The van der Waals surface area contributed by atoms with E-state index in [0.29, 0.717) is 6.54 Å². The largest absolute Gasteiger partial charge is 0.392 e. The van der Waals surface area contributed by atoms with Crippen LogP contribution in [-0.2, 0) is 17.9 Å². The molecule has 0 spiro atoms. The molecule has 78 valence electrons. The molecule has 0 aliphatic heterocycles. The van der Waals surface area contributed by atoms with Gasteiger partial charge in [-0.25, -0.2) is 0 Å². The second-order valence-electron chi connectivity index (χ2n) is 3.09. The van der Waals surface area contributed by atoms with E-state index in [0.717, 1.165) is 11.1 Å². The van der Waals surface area contributed by atoms with E-state index in [1.165, 1.54) is 0 Å². The molecule has 2 N–H and O–H groups in total. The van der Waals surface area contributed by atoms with Gasteiger partial charge in [0.25, 0.3) is 0 Å². The predicted octanol–water partition coefficient (Wildman–Crippen LogP) is 0.709. The molecule has 0 unspecified atom stereocenters. The van der Waals surface area contributed by atoms with E-state index in [1.807, 2.05) is 12.1 Å². The maximum absolute atomic E-state index is 11.0. The molecule has 0 aliphatic carbocycles. The van der Waals surface area contributed by atoms with Gasteiger partial charge in [0, 0.05) is 6.54 Å². The van der Waals surface area contributed by atoms with Gasteiger partial charge in [0.2, 0.25) is 5.91 Å². The third kappa shape index (κ3) is 3.79. The Bertz CT molecular complexity index is 365. The van der Waals surface area contributed by atoms with Gasteiger partial charge in [-0.15, -0.1) is 0 Å². The van der Waals surface area contributed by atoms with Crippen molar-refractivity contribution in [2.45, 2.75) is 19.6 Å². The van der Waals surface area contributed by atoms with Crippen LogP contribution in [0.15, 0.2) is 24.3 Å². The summed E-state index contributed by atoms with van der Waals surface area (Å²) in [6, 6.07) is 9.03. The summed E-state index contributed by atoms with van der Waals surface area (Å²) < 4.78 is 0. The summed E-state index contributed by atoms with van der Waals surface area (Å²) in [7, 11) is 0. The van der Waals surface area contributed by atoms with Crippen LogP contribution in [0.1, 0.15) is 17.5 Å². The van der Waals surface area contributed by atoms with Gasteiger partial charge in [0.15, 0.2) is 0 Å². The highest BCUT2D eigenvalue weighted by molar-refractivity contribution is 5.77. The Balaban J connectivity index is 2.45. The minimum Gasteiger partial charge on any atom is -0.392 e. The molecule has 0 fully saturated rings. The first kappa shape index (κ1) is 11.2. The van der Waals surface area contributed by atoms with E-state index < -0.39 is 0 Å². The lowest BCUT2D eigenvalue weighted by atomic mass is 10.1. The van der Waals surface area contributed by atoms with E-state index in [1.54, 1.807) is 18.2 Å². The van der Waals surface area contributed by atoms with E-state index >= 15 is 0 Å². The summed E-state index contributed by atoms with van der Waals surface area (Å²) in [5.41, 5.74) is 1.78. The maximum Gasteiger partial charge on any atom is 0.234 e. The Morgan fingerprint density at radius 2 is 1.93 bits per heavy atom. The Kier molecular flexibility index (Phi) is 4.32. The van der Waals surface area contributed by atoms with Crippen LogP contribution in [0.3, 0.4) is 0 Å². The first-order valence-corrected chi connectivity index (χ1v) is 4.58. The number of carbonyl (C=O) groups excluding carboxylic acids is 1. The van der Waals surface area contributed by atoms with Gasteiger partial charge in [-0.2, -0.15) is 5.26 Å². The van der Waals surface area contributed by atoms with Crippen LogP contribution in [0.4, 0.5) is 0 Å². The summed E-state index contributed by atoms with van der Waals surface area (Å²) in [6.45, 7) is 0.424. The number of rotatable bonds is 4. The summed E-state index contributed by atoms with van der Waals surface area (Å²) in [6.07, 6.45) is -0.116. The number of amides is 1. The molecule has 1 aromatic rings. The third-order valence-corrected chi connectivity index (χ3v) is 1.93. The standard InChI is InChI=1S/C11H12N2O2/c12-6-5-11(15)13-7-9-1-3-10(8-14)4-2-9/h1-4,14H,5,7-8H2,(H,13,15). The zero-order chi connectivity index (χ0) is 11.1. The minimum absolute atomic E-state index is 0.0150. The van der Waals surface area contributed by atoms with E-state index in [-0.39, 0.29) is 18.9 Å². The molecule has 1 aromatic carbocycles. The molecule has 0 aromatic heterocycles. The smallest absolute Gasteiger partial charge is 0.234 e. The van der Waals surface area contributed by atoms with Crippen molar-refractivity contribution in [2.24, 2.45) is 0 Å². The molecular weight excluding hydrogens is 192 g/mol. The first-order chi connectivity index (χ1) is 7.26. The number of hydrogen-bond acceptors (Lipinski definition) is 3. The minimum atomic E-state index is -0.274. The number of benzene rings is 1. The molecule has 1 rings (SSSR count). The molecule has 4 heteroatoms. The SMILES string of the molecule is N#CCC(=O)NCc1ccc(CO)cc1. The van der Waals surface area contributed by atoms with Crippen LogP contribution in [0.25, 0.3) is 0 Å². The lowest BCUT2D eigenvalue weighted by molar-refractivity contribution is -0.120. The van der Waals surface area contributed by atoms with Crippen molar-refractivity contribution in [1.29, 1.82) is 5.26 Å². The third-order valence-electron chi connectivity index (χ3n) is 1.93. The predicted molar refractivity (Wildman–Crippen MR) is 54.4 cm³/mol. The van der Waals surface area contributed by atoms with Crippen LogP contribution in [0.2, 0.25) is 0 Å². The maximum atomic E-state index is 11.0. The molecular formula is C11H12N2O2. The van der Waals surface area contributed by atoms with Crippen LogP contribution in [0.5, 0.6) is 0 Å². The Labute approximate surface area is 88.2 Å². The highest BCUT2D eigenvalue weighted by Gasteiger charge is 1.99. The molecule has 0 bridgehead atoms. The summed E-state index contributed by atoms with van der Waals surface area (Å²) in [5.74, 6) is -0.274. The van der Waals surface area contributed by atoms with Gasteiger partial charge in [0.05, 0.1) is 12.7 Å². The molecule has 1 amide bonds. The van der Waals surface area contributed by atoms with Gasteiger partial charge in [-0.05, 0) is 11.1 Å². The van der Waals surface area contributed by atoms with Crippen molar-refractivity contribution in [1.82, 2.24) is 5.32 Å². The van der Waals surface area contributed by atoms with Crippen LogP contribution < -0.4 is 5.32 Å². The van der Waals surface area contributed by atoms with Gasteiger partial charge in [-0.3, -0.25) is 4.79 Å².